The predicted molar refractivity (Wildman–Crippen MR) is 102 cm³/mol. The molecular formula is C21H24F3N3. The van der Waals surface area contributed by atoms with Crippen LogP contribution in [0, 0.1) is 13.8 Å². The van der Waals surface area contributed by atoms with Gasteiger partial charge < -0.3 is 0 Å². The minimum Gasteiger partial charge on any atom is -0.295 e. The molecule has 3 nitrogen and oxygen atoms in total. The lowest BCUT2D eigenvalue weighted by molar-refractivity contribution is -0.137. The van der Waals surface area contributed by atoms with Crippen LogP contribution in [0.3, 0.4) is 0 Å². The molecule has 2 aromatic carbocycles. The Hall–Kier alpha value is -2.34. The second-order valence-electron chi connectivity index (χ2n) is 7.02. The molecule has 0 unspecified atom stereocenters. The van der Waals surface area contributed by atoms with E-state index in [1.54, 1.807) is 6.21 Å². The number of hydrogen-bond donors (Lipinski definition) is 0. The summed E-state index contributed by atoms with van der Waals surface area (Å²) in [6.07, 6.45) is -2.68. The first-order valence-corrected chi connectivity index (χ1v) is 9.06. The van der Waals surface area contributed by atoms with Crippen molar-refractivity contribution < 1.29 is 13.2 Å². The van der Waals surface area contributed by atoms with Gasteiger partial charge in [0.1, 0.15) is 0 Å². The summed E-state index contributed by atoms with van der Waals surface area (Å²) in [5.74, 6) is 0. The molecule has 27 heavy (non-hydrogen) atoms. The van der Waals surface area contributed by atoms with E-state index < -0.39 is 11.7 Å². The van der Waals surface area contributed by atoms with Crippen LogP contribution in [0.15, 0.2) is 47.6 Å². The van der Waals surface area contributed by atoms with E-state index in [2.05, 4.69) is 42.0 Å². The third-order valence-electron chi connectivity index (χ3n) is 4.85. The number of aryl methyl sites for hydroxylation is 2. The second kappa shape index (κ2) is 8.13. The summed E-state index contributed by atoms with van der Waals surface area (Å²) in [6.45, 7) is 8.62. The van der Waals surface area contributed by atoms with Crippen molar-refractivity contribution in [2.75, 3.05) is 26.2 Å². The van der Waals surface area contributed by atoms with E-state index in [1.165, 1.54) is 28.8 Å². The molecule has 0 N–H and O–H groups in total. The van der Waals surface area contributed by atoms with Gasteiger partial charge in [-0.05, 0) is 42.7 Å². The van der Waals surface area contributed by atoms with Crippen LogP contribution < -0.4 is 0 Å². The van der Waals surface area contributed by atoms with Crippen LogP contribution in [0.4, 0.5) is 13.2 Å². The summed E-state index contributed by atoms with van der Waals surface area (Å²) in [6, 6.07) is 11.6. The van der Waals surface area contributed by atoms with E-state index in [1.807, 2.05) is 5.01 Å². The molecule has 0 aliphatic carbocycles. The monoisotopic (exact) mass is 375 g/mol. The van der Waals surface area contributed by atoms with E-state index in [0.717, 1.165) is 44.9 Å². The zero-order chi connectivity index (χ0) is 19.4. The van der Waals surface area contributed by atoms with E-state index in [9.17, 15) is 13.2 Å². The normalized spacial score (nSPS) is 16.3. The van der Waals surface area contributed by atoms with Crippen molar-refractivity contribution in [2.24, 2.45) is 5.10 Å². The van der Waals surface area contributed by atoms with Gasteiger partial charge in [-0.25, -0.2) is 0 Å². The highest BCUT2D eigenvalue weighted by Gasteiger charge is 2.29. The Bertz CT molecular complexity index is 789. The second-order valence-corrected chi connectivity index (χ2v) is 7.02. The van der Waals surface area contributed by atoms with Gasteiger partial charge in [0.25, 0.3) is 0 Å². The van der Waals surface area contributed by atoms with Crippen molar-refractivity contribution in [3.05, 3.63) is 70.3 Å². The lowest BCUT2D eigenvalue weighted by Crippen LogP contribution is -2.43. The summed E-state index contributed by atoms with van der Waals surface area (Å²) in [4.78, 5) is 2.40. The lowest BCUT2D eigenvalue weighted by Gasteiger charge is -2.33. The Morgan fingerprint density at radius 1 is 0.963 bits per heavy atom. The molecule has 6 heteroatoms. The summed E-state index contributed by atoms with van der Waals surface area (Å²) >= 11 is 0. The molecule has 3 rings (SSSR count). The average Bonchev–Trinajstić information content (AvgIpc) is 2.63. The maximum absolute atomic E-state index is 12.6. The van der Waals surface area contributed by atoms with Crippen molar-refractivity contribution in [1.29, 1.82) is 0 Å². The average molecular weight is 375 g/mol. The van der Waals surface area contributed by atoms with Gasteiger partial charge >= 0.3 is 6.18 Å². The Kier molecular flexibility index (Phi) is 5.85. The molecule has 0 bridgehead atoms. The fourth-order valence-electron chi connectivity index (χ4n) is 3.18. The number of rotatable bonds is 4. The maximum atomic E-state index is 12.6. The minimum absolute atomic E-state index is 0.639. The Labute approximate surface area is 158 Å². The molecule has 0 atom stereocenters. The van der Waals surface area contributed by atoms with Crippen LogP contribution >= 0.6 is 0 Å². The number of piperazine rings is 1. The van der Waals surface area contributed by atoms with Crippen LogP contribution in [0.25, 0.3) is 0 Å². The largest absolute Gasteiger partial charge is 0.416 e. The molecule has 0 aromatic heterocycles. The molecule has 0 radical (unpaired) electrons. The molecule has 1 saturated heterocycles. The zero-order valence-electron chi connectivity index (χ0n) is 15.6. The number of halogens is 3. The van der Waals surface area contributed by atoms with Gasteiger partial charge in [-0.1, -0.05) is 35.9 Å². The topological polar surface area (TPSA) is 18.8 Å². The highest BCUT2D eigenvalue weighted by Crippen LogP contribution is 2.28. The first kappa shape index (κ1) is 19.4. The van der Waals surface area contributed by atoms with Gasteiger partial charge in [0.15, 0.2) is 0 Å². The van der Waals surface area contributed by atoms with Crippen molar-refractivity contribution in [3.8, 4) is 0 Å². The molecular weight excluding hydrogens is 351 g/mol. The summed E-state index contributed by atoms with van der Waals surface area (Å²) < 4.78 is 37.8. The quantitative estimate of drug-likeness (QED) is 0.734. The molecule has 0 amide bonds. The highest BCUT2D eigenvalue weighted by atomic mass is 19.4. The summed E-state index contributed by atoms with van der Waals surface area (Å²) in [7, 11) is 0. The summed E-state index contributed by atoms with van der Waals surface area (Å²) in [5, 5.41) is 6.38. The van der Waals surface area contributed by atoms with Gasteiger partial charge in [0.05, 0.1) is 11.8 Å². The van der Waals surface area contributed by atoms with Crippen LogP contribution in [-0.2, 0) is 12.7 Å². The molecule has 1 fully saturated rings. The minimum atomic E-state index is -4.30. The van der Waals surface area contributed by atoms with Gasteiger partial charge in [0, 0.05) is 32.7 Å². The zero-order valence-corrected chi connectivity index (χ0v) is 15.6. The predicted octanol–water partition coefficient (Wildman–Crippen LogP) is 4.47. The number of hydrazone groups is 1. The lowest BCUT2D eigenvalue weighted by atomic mass is 10.1. The van der Waals surface area contributed by atoms with E-state index in [-0.39, 0.29) is 0 Å². The van der Waals surface area contributed by atoms with Gasteiger partial charge in [-0.15, -0.1) is 0 Å². The number of nitrogens with zero attached hydrogens (tertiary/aromatic N) is 3. The number of alkyl halides is 3. The van der Waals surface area contributed by atoms with Gasteiger partial charge in [0.2, 0.25) is 0 Å². The van der Waals surface area contributed by atoms with Crippen LogP contribution in [0.1, 0.15) is 27.8 Å². The fourth-order valence-corrected chi connectivity index (χ4v) is 3.18. The maximum Gasteiger partial charge on any atom is 0.416 e. The Morgan fingerprint density at radius 3 is 2.22 bits per heavy atom. The van der Waals surface area contributed by atoms with Crippen molar-refractivity contribution in [1.82, 2.24) is 9.91 Å². The van der Waals surface area contributed by atoms with Crippen LogP contribution in [0.5, 0.6) is 0 Å². The van der Waals surface area contributed by atoms with E-state index in [0.29, 0.717) is 5.56 Å². The molecule has 2 aromatic rings. The first-order valence-electron chi connectivity index (χ1n) is 9.06. The van der Waals surface area contributed by atoms with Crippen LogP contribution in [0.2, 0.25) is 0 Å². The molecule has 1 aliphatic rings. The van der Waals surface area contributed by atoms with Gasteiger partial charge in [-0.2, -0.15) is 18.3 Å². The third-order valence-corrected chi connectivity index (χ3v) is 4.85. The molecule has 144 valence electrons. The molecule has 1 aliphatic heterocycles. The molecule has 1 heterocycles. The number of benzene rings is 2. The van der Waals surface area contributed by atoms with Crippen LogP contribution in [-0.4, -0.2) is 42.3 Å². The fraction of sp³-hybridized carbons (Fsp3) is 0.381. The number of hydrogen-bond acceptors (Lipinski definition) is 3. The smallest absolute Gasteiger partial charge is 0.295 e. The first-order chi connectivity index (χ1) is 12.8. The van der Waals surface area contributed by atoms with Crippen molar-refractivity contribution >= 4 is 6.21 Å². The van der Waals surface area contributed by atoms with Gasteiger partial charge in [-0.3, -0.25) is 9.91 Å². The third kappa shape index (κ3) is 5.32. The Balaban J connectivity index is 1.51. The molecule has 0 spiro atoms. The summed E-state index contributed by atoms with van der Waals surface area (Å²) in [5.41, 5.74) is 3.97. The van der Waals surface area contributed by atoms with E-state index in [4.69, 9.17) is 0 Å². The van der Waals surface area contributed by atoms with Crippen molar-refractivity contribution in [2.45, 2.75) is 26.6 Å². The SMILES string of the molecule is Cc1ccc(CN2CCN(N=Cc3ccc(C(F)(F)F)cc3)CC2)c(C)c1. The van der Waals surface area contributed by atoms with E-state index >= 15 is 0 Å². The highest BCUT2D eigenvalue weighted by molar-refractivity contribution is 5.79. The van der Waals surface area contributed by atoms with Crippen molar-refractivity contribution in [3.63, 3.8) is 0 Å². The Morgan fingerprint density at radius 2 is 1.63 bits per heavy atom. The standard InChI is InChI=1S/C21H24F3N3/c1-16-3-6-19(17(2)13-16)15-26-9-11-27(12-10-26)25-14-18-4-7-20(8-5-18)21(22,23)24/h3-8,13-14H,9-12,15H2,1-2H3. The molecule has 0 saturated carbocycles.